The summed E-state index contributed by atoms with van der Waals surface area (Å²) in [5.41, 5.74) is 6.98. The lowest BCUT2D eigenvalue weighted by atomic mass is 10.2. The van der Waals surface area contributed by atoms with Crippen molar-refractivity contribution in [1.29, 1.82) is 0 Å². The van der Waals surface area contributed by atoms with E-state index in [4.69, 9.17) is 47.9 Å². The molecule has 0 bridgehead atoms. The highest BCUT2D eigenvalue weighted by molar-refractivity contribution is 7.92. The van der Waals surface area contributed by atoms with Gasteiger partial charge in [0.15, 0.2) is 28.8 Å². The Morgan fingerprint density at radius 3 is 1.74 bits per heavy atom. The summed E-state index contributed by atoms with van der Waals surface area (Å²) in [6.45, 7) is 1.41. The Bertz CT molecular complexity index is 1940. The third-order valence-corrected chi connectivity index (χ3v) is 7.80. The number of sulfonamides is 1. The molecular formula is C32H28Cl2N4O7S. The fourth-order valence-electron chi connectivity index (χ4n) is 3.82. The molecule has 3 N–H and O–H groups in total. The number of nitrogen functional groups attached to an aromatic ring is 1. The molecule has 5 rings (SSSR count). The number of halogens is 2. The first-order valence-electron chi connectivity index (χ1n) is 13.3. The molecule has 0 aliphatic carbocycles. The van der Waals surface area contributed by atoms with Gasteiger partial charge in [-0.15, -0.1) is 0 Å². The van der Waals surface area contributed by atoms with Crippen molar-refractivity contribution in [1.82, 2.24) is 9.97 Å². The lowest BCUT2D eigenvalue weighted by Gasteiger charge is -2.13. The molecule has 2 heterocycles. The first-order valence-corrected chi connectivity index (χ1v) is 15.5. The van der Waals surface area contributed by atoms with Gasteiger partial charge in [0.05, 0.1) is 47.2 Å². The van der Waals surface area contributed by atoms with E-state index in [0.717, 1.165) is 0 Å². The van der Waals surface area contributed by atoms with Crippen LogP contribution in [0.25, 0.3) is 0 Å². The topological polar surface area (TPSA) is 152 Å². The molecule has 0 aliphatic rings. The molecule has 3 aromatic carbocycles. The van der Waals surface area contributed by atoms with Crippen LogP contribution in [0.5, 0.6) is 34.5 Å². The van der Waals surface area contributed by atoms with Gasteiger partial charge in [0.1, 0.15) is 11.5 Å². The van der Waals surface area contributed by atoms with Crippen molar-refractivity contribution in [3.63, 3.8) is 0 Å². The van der Waals surface area contributed by atoms with Gasteiger partial charge in [0, 0.05) is 47.9 Å². The maximum Gasteiger partial charge on any atom is 0.261 e. The number of rotatable bonds is 10. The van der Waals surface area contributed by atoms with E-state index >= 15 is 0 Å². The molecular weight excluding hydrogens is 655 g/mol. The molecule has 46 heavy (non-hydrogen) atoms. The summed E-state index contributed by atoms with van der Waals surface area (Å²) in [6, 6.07) is 18.7. The first kappa shape index (κ1) is 33.8. The van der Waals surface area contributed by atoms with Crippen molar-refractivity contribution < 1.29 is 32.2 Å². The van der Waals surface area contributed by atoms with E-state index in [1.165, 1.54) is 69.0 Å². The van der Waals surface area contributed by atoms with E-state index in [2.05, 4.69) is 14.7 Å². The van der Waals surface area contributed by atoms with Gasteiger partial charge in [-0.1, -0.05) is 35.3 Å². The number of carbonyl (C=O) groups excluding carboxylic acids is 1. The lowest BCUT2D eigenvalue weighted by molar-refractivity contribution is 0.101. The number of nitrogens with zero attached hydrogens (tertiary/aromatic N) is 2. The number of anilines is 2. The number of benzene rings is 3. The minimum atomic E-state index is -3.84. The van der Waals surface area contributed by atoms with Crippen LogP contribution in [0.2, 0.25) is 10.0 Å². The van der Waals surface area contributed by atoms with Crippen LogP contribution in [0, 0.1) is 0 Å². The maximum absolute atomic E-state index is 12.6. The summed E-state index contributed by atoms with van der Waals surface area (Å²) in [5.74, 6) is 2.62. The van der Waals surface area contributed by atoms with Crippen LogP contribution in [-0.2, 0) is 10.0 Å². The number of nitrogens with one attached hydrogen (secondary N) is 1. The Balaban J connectivity index is 0.000000240. The quantitative estimate of drug-likeness (QED) is 0.111. The van der Waals surface area contributed by atoms with Gasteiger partial charge in [-0.3, -0.25) is 19.5 Å². The lowest BCUT2D eigenvalue weighted by Crippen LogP contribution is -2.13. The average Bonchev–Trinajstić information content (AvgIpc) is 3.03. The summed E-state index contributed by atoms with van der Waals surface area (Å²) in [7, 11) is -0.848. The van der Waals surface area contributed by atoms with Gasteiger partial charge in [-0.25, -0.2) is 8.42 Å². The van der Waals surface area contributed by atoms with Crippen molar-refractivity contribution in [2.24, 2.45) is 0 Å². The highest BCUT2D eigenvalue weighted by Crippen LogP contribution is 2.35. The second-order valence-electron chi connectivity index (χ2n) is 9.34. The molecule has 238 valence electrons. The second-order valence-corrected chi connectivity index (χ2v) is 11.9. The van der Waals surface area contributed by atoms with E-state index in [0.29, 0.717) is 55.8 Å². The largest absolute Gasteiger partial charge is 0.493 e. The Morgan fingerprint density at radius 2 is 1.24 bits per heavy atom. The monoisotopic (exact) mass is 682 g/mol. The molecule has 2 aromatic heterocycles. The number of nitrogens with two attached hydrogens (primary N) is 1. The Kier molecular flexibility index (Phi) is 11.3. The number of Topliss-reactive ketones (excluding diaryl/α,β-unsaturated/α-hetero) is 1. The minimum absolute atomic E-state index is 0.0341. The van der Waals surface area contributed by atoms with E-state index in [1.807, 2.05) is 0 Å². The number of ether oxygens (including phenoxy) is 4. The Hall–Kier alpha value is -5.04. The molecule has 0 spiro atoms. The second kappa shape index (κ2) is 15.3. The number of pyridine rings is 2. The third-order valence-electron chi connectivity index (χ3n) is 5.99. The number of aromatic nitrogens is 2. The smallest absolute Gasteiger partial charge is 0.261 e. The molecule has 14 heteroatoms. The molecule has 0 saturated heterocycles. The van der Waals surface area contributed by atoms with Crippen molar-refractivity contribution in [2.45, 2.75) is 11.8 Å². The number of hydrogen-bond acceptors (Lipinski definition) is 10. The minimum Gasteiger partial charge on any atom is -0.493 e. The van der Waals surface area contributed by atoms with Crippen LogP contribution in [0.3, 0.4) is 0 Å². The Labute approximate surface area is 275 Å². The number of methoxy groups -OCH3 is 2. The predicted octanol–water partition coefficient (Wildman–Crippen LogP) is 7.66. The van der Waals surface area contributed by atoms with Gasteiger partial charge in [-0.2, -0.15) is 0 Å². The van der Waals surface area contributed by atoms with Crippen LogP contribution in [0.15, 0.2) is 102 Å². The summed E-state index contributed by atoms with van der Waals surface area (Å²) in [5, 5.41) is 0.929. The highest BCUT2D eigenvalue weighted by Gasteiger charge is 2.17. The van der Waals surface area contributed by atoms with Crippen LogP contribution in [0.1, 0.15) is 17.3 Å². The molecule has 0 amide bonds. The summed E-state index contributed by atoms with van der Waals surface area (Å²) < 4.78 is 49.5. The third kappa shape index (κ3) is 9.24. The van der Waals surface area contributed by atoms with Crippen molar-refractivity contribution >= 4 is 50.4 Å². The SMILES string of the molecule is COc1cc(N)ccc1Oc1cncc(Cl)c1.COc1cc(NS(=O)(=O)c2ccc(C(C)=O)cc2)ccc1Oc1cncc(Cl)c1. The van der Waals surface area contributed by atoms with Crippen LogP contribution < -0.4 is 29.4 Å². The van der Waals surface area contributed by atoms with E-state index < -0.39 is 10.0 Å². The van der Waals surface area contributed by atoms with Crippen LogP contribution in [-0.4, -0.2) is 38.4 Å². The maximum atomic E-state index is 12.6. The van der Waals surface area contributed by atoms with Gasteiger partial charge in [0.2, 0.25) is 0 Å². The molecule has 0 unspecified atom stereocenters. The van der Waals surface area contributed by atoms with Gasteiger partial charge >= 0.3 is 0 Å². The normalized spacial score (nSPS) is 10.6. The van der Waals surface area contributed by atoms with Crippen LogP contribution in [0.4, 0.5) is 11.4 Å². The molecule has 5 aromatic rings. The number of ketones is 1. The molecule has 0 saturated carbocycles. The van der Waals surface area contributed by atoms with Gasteiger partial charge in [0.25, 0.3) is 10.0 Å². The van der Waals surface area contributed by atoms with E-state index in [1.54, 1.807) is 49.7 Å². The van der Waals surface area contributed by atoms with Crippen molar-refractivity contribution in [2.75, 3.05) is 24.7 Å². The molecule has 0 aliphatic heterocycles. The van der Waals surface area contributed by atoms with E-state index in [9.17, 15) is 13.2 Å². The molecule has 0 atom stereocenters. The number of hydrogen-bond donors (Lipinski definition) is 2. The standard InChI is InChI=1S/C20H17ClN2O5S.C12H11ClN2O2/c1-13(24)14-3-6-18(7-4-14)29(25,26)23-16-5-8-19(20(10-16)27-2)28-17-9-15(21)11-22-12-17;1-16-12-5-9(14)2-3-11(12)17-10-4-8(13)6-15-7-10/h3-12,23H,1-2H3;2-7H,14H2,1H3. The summed E-state index contributed by atoms with van der Waals surface area (Å²) >= 11 is 11.7. The van der Waals surface area contributed by atoms with Crippen molar-refractivity contribution in [3.8, 4) is 34.5 Å². The zero-order chi connectivity index (χ0) is 33.3. The molecule has 0 radical (unpaired) electrons. The molecule has 11 nitrogen and oxygen atoms in total. The summed E-state index contributed by atoms with van der Waals surface area (Å²) in [4.78, 5) is 19.3. The van der Waals surface area contributed by atoms with E-state index in [-0.39, 0.29) is 16.4 Å². The van der Waals surface area contributed by atoms with Crippen molar-refractivity contribution in [3.05, 3.63) is 113 Å². The predicted molar refractivity (Wildman–Crippen MR) is 176 cm³/mol. The van der Waals surface area contributed by atoms with Crippen LogP contribution >= 0.6 is 23.2 Å². The fraction of sp³-hybridized carbons (Fsp3) is 0.0938. The first-order chi connectivity index (χ1) is 22.0. The fourth-order valence-corrected chi connectivity index (χ4v) is 5.19. The Morgan fingerprint density at radius 1 is 0.717 bits per heavy atom. The van der Waals surface area contributed by atoms with Gasteiger partial charge in [-0.05, 0) is 43.3 Å². The zero-order valence-electron chi connectivity index (χ0n) is 24.7. The average molecular weight is 684 g/mol. The van der Waals surface area contributed by atoms with Gasteiger partial charge < -0.3 is 24.7 Å². The molecule has 0 fully saturated rings. The highest BCUT2D eigenvalue weighted by atomic mass is 35.5. The number of carbonyl (C=O) groups is 1. The summed E-state index contributed by atoms with van der Waals surface area (Å²) in [6.07, 6.45) is 6.08. The zero-order valence-corrected chi connectivity index (χ0v) is 27.1.